The van der Waals surface area contributed by atoms with Gasteiger partial charge in [-0.05, 0) is 31.7 Å². The number of halogens is 3. The van der Waals surface area contributed by atoms with Crippen LogP contribution < -0.4 is 10.1 Å². The summed E-state index contributed by atoms with van der Waals surface area (Å²) in [6, 6.07) is 6.19. The van der Waals surface area contributed by atoms with Crippen molar-refractivity contribution in [3.05, 3.63) is 29.8 Å². The number of ether oxygens (including phenoxy) is 1. The molecule has 0 spiro atoms. The van der Waals surface area contributed by atoms with Crippen molar-refractivity contribution in [1.29, 1.82) is 0 Å². The molecule has 1 unspecified atom stereocenters. The van der Waals surface area contributed by atoms with Gasteiger partial charge in [-0.1, -0.05) is 6.07 Å². The molecule has 0 aromatic heterocycles. The zero-order valence-corrected chi connectivity index (χ0v) is 11.8. The van der Waals surface area contributed by atoms with Crippen LogP contribution in [0.4, 0.5) is 8.78 Å². The second-order valence-corrected chi connectivity index (χ2v) is 4.43. The summed E-state index contributed by atoms with van der Waals surface area (Å²) in [6.07, 6.45) is 0.898. The van der Waals surface area contributed by atoms with Gasteiger partial charge in [0, 0.05) is 24.7 Å². The van der Waals surface area contributed by atoms with Crippen LogP contribution in [0.1, 0.15) is 16.8 Å². The van der Waals surface area contributed by atoms with E-state index in [-0.39, 0.29) is 24.1 Å². The molecule has 1 amide bonds. The first-order valence-electron chi connectivity index (χ1n) is 6.11. The quantitative estimate of drug-likeness (QED) is 0.927. The molecule has 0 aliphatic carbocycles. The van der Waals surface area contributed by atoms with Crippen molar-refractivity contribution >= 4 is 18.3 Å². The first-order chi connectivity index (χ1) is 9.10. The minimum atomic E-state index is -2.88. The topological polar surface area (TPSA) is 41.6 Å². The average molecular weight is 307 g/mol. The number of hydrogen-bond donors (Lipinski definition) is 1. The number of likely N-dealkylation sites (N-methyl/N-ethyl adjacent to an activating group) is 1. The molecule has 1 aliphatic heterocycles. The Morgan fingerprint density at radius 1 is 1.50 bits per heavy atom. The van der Waals surface area contributed by atoms with Crippen LogP contribution >= 0.6 is 12.4 Å². The van der Waals surface area contributed by atoms with Gasteiger partial charge in [0.2, 0.25) is 0 Å². The molecule has 1 saturated heterocycles. The summed E-state index contributed by atoms with van der Waals surface area (Å²) in [4.78, 5) is 13.9. The van der Waals surface area contributed by atoms with E-state index in [0.717, 1.165) is 6.42 Å². The number of hydrogen-bond acceptors (Lipinski definition) is 3. The molecule has 7 heteroatoms. The number of alkyl halides is 2. The van der Waals surface area contributed by atoms with Gasteiger partial charge in [-0.2, -0.15) is 8.78 Å². The maximum absolute atomic E-state index is 12.2. The average Bonchev–Trinajstić information content (AvgIpc) is 2.86. The van der Waals surface area contributed by atoms with Crippen molar-refractivity contribution in [3.8, 4) is 5.75 Å². The maximum atomic E-state index is 12.2. The zero-order valence-electron chi connectivity index (χ0n) is 11.0. The minimum Gasteiger partial charge on any atom is -0.435 e. The molecule has 0 radical (unpaired) electrons. The van der Waals surface area contributed by atoms with E-state index in [9.17, 15) is 13.6 Å². The van der Waals surface area contributed by atoms with E-state index >= 15 is 0 Å². The highest BCUT2D eigenvalue weighted by molar-refractivity contribution is 5.94. The molecule has 1 aromatic carbocycles. The number of nitrogens with one attached hydrogen (secondary N) is 1. The van der Waals surface area contributed by atoms with E-state index in [4.69, 9.17) is 0 Å². The van der Waals surface area contributed by atoms with E-state index in [0.29, 0.717) is 24.7 Å². The Labute approximate surface area is 122 Å². The molecule has 2 rings (SSSR count). The van der Waals surface area contributed by atoms with Gasteiger partial charge in [-0.3, -0.25) is 4.79 Å². The molecule has 1 atom stereocenters. The molecule has 1 heterocycles. The van der Waals surface area contributed by atoms with Crippen molar-refractivity contribution in [2.24, 2.45) is 0 Å². The Morgan fingerprint density at radius 2 is 2.25 bits per heavy atom. The fourth-order valence-electron chi connectivity index (χ4n) is 2.17. The molecular formula is C13H17ClF2N2O2. The number of amides is 1. The van der Waals surface area contributed by atoms with Gasteiger partial charge in [0.15, 0.2) is 0 Å². The van der Waals surface area contributed by atoms with Crippen LogP contribution in [0.5, 0.6) is 5.75 Å². The lowest BCUT2D eigenvalue weighted by Gasteiger charge is -2.17. The lowest BCUT2D eigenvalue weighted by Crippen LogP contribution is -2.33. The summed E-state index contributed by atoms with van der Waals surface area (Å²) in [5.41, 5.74) is 0.370. The Hall–Kier alpha value is -1.40. The minimum absolute atomic E-state index is 0. The van der Waals surface area contributed by atoms with Crippen LogP contribution in [0, 0.1) is 0 Å². The van der Waals surface area contributed by atoms with Gasteiger partial charge in [-0.15, -0.1) is 12.4 Å². The predicted octanol–water partition coefficient (Wildman–Crippen LogP) is 2.14. The molecule has 1 fully saturated rings. The Morgan fingerprint density at radius 3 is 2.85 bits per heavy atom. The summed E-state index contributed by atoms with van der Waals surface area (Å²) >= 11 is 0. The summed E-state index contributed by atoms with van der Waals surface area (Å²) in [5.74, 6) is -0.150. The Kier molecular flexibility index (Phi) is 6.16. The summed E-state index contributed by atoms with van der Waals surface area (Å²) < 4.78 is 28.5. The molecule has 112 valence electrons. The van der Waals surface area contributed by atoms with E-state index < -0.39 is 6.61 Å². The smallest absolute Gasteiger partial charge is 0.387 e. The second kappa shape index (κ2) is 7.40. The van der Waals surface area contributed by atoms with Crippen LogP contribution in [0.2, 0.25) is 0 Å². The lowest BCUT2D eigenvalue weighted by atomic mass is 10.2. The number of benzene rings is 1. The third-order valence-electron chi connectivity index (χ3n) is 3.19. The fourth-order valence-corrected chi connectivity index (χ4v) is 2.17. The van der Waals surface area contributed by atoms with E-state index in [2.05, 4.69) is 10.1 Å². The van der Waals surface area contributed by atoms with Gasteiger partial charge in [0.1, 0.15) is 5.75 Å². The molecule has 20 heavy (non-hydrogen) atoms. The van der Waals surface area contributed by atoms with Crippen LogP contribution in [-0.2, 0) is 0 Å². The van der Waals surface area contributed by atoms with Gasteiger partial charge in [0.05, 0.1) is 0 Å². The van der Waals surface area contributed by atoms with Gasteiger partial charge >= 0.3 is 6.61 Å². The van der Waals surface area contributed by atoms with Crippen LogP contribution in [0.15, 0.2) is 24.3 Å². The highest BCUT2D eigenvalue weighted by atomic mass is 35.5. The van der Waals surface area contributed by atoms with Crippen LogP contribution in [0.25, 0.3) is 0 Å². The molecule has 1 aliphatic rings. The highest BCUT2D eigenvalue weighted by Gasteiger charge is 2.26. The third kappa shape index (κ3) is 4.05. The number of likely N-dealkylation sites (tertiary alicyclic amines) is 1. The summed E-state index contributed by atoms with van der Waals surface area (Å²) in [6.45, 7) is -1.58. The van der Waals surface area contributed by atoms with Crippen molar-refractivity contribution in [2.75, 3.05) is 20.1 Å². The van der Waals surface area contributed by atoms with Crippen molar-refractivity contribution in [2.45, 2.75) is 19.1 Å². The highest BCUT2D eigenvalue weighted by Crippen LogP contribution is 2.19. The Balaban J connectivity index is 0.00000200. The van der Waals surface area contributed by atoms with Crippen molar-refractivity contribution < 1.29 is 18.3 Å². The van der Waals surface area contributed by atoms with Crippen LogP contribution in [-0.4, -0.2) is 43.6 Å². The normalized spacial score (nSPS) is 18.0. The van der Waals surface area contributed by atoms with Gasteiger partial charge < -0.3 is 15.0 Å². The van der Waals surface area contributed by atoms with E-state index in [1.807, 2.05) is 7.05 Å². The van der Waals surface area contributed by atoms with Crippen LogP contribution in [0.3, 0.4) is 0 Å². The molecule has 4 nitrogen and oxygen atoms in total. The van der Waals surface area contributed by atoms with Gasteiger partial charge in [-0.25, -0.2) is 0 Å². The monoisotopic (exact) mass is 306 g/mol. The number of carbonyl (C=O) groups is 1. The summed E-state index contributed by atoms with van der Waals surface area (Å²) in [5, 5.41) is 3.12. The number of carbonyl (C=O) groups excluding carboxylic acids is 1. The largest absolute Gasteiger partial charge is 0.435 e. The Bertz CT molecular complexity index is 460. The SMILES string of the molecule is CNC1CCN(C(=O)c2cccc(OC(F)F)c2)C1.Cl. The molecule has 1 aromatic rings. The van der Waals surface area contributed by atoms with Crippen molar-refractivity contribution in [3.63, 3.8) is 0 Å². The van der Waals surface area contributed by atoms with Crippen molar-refractivity contribution in [1.82, 2.24) is 10.2 Å². The molecule has 0 saturated carbocycles. The molecule has 1 N–H and O–H groups in total. The predicted molar refractivity (Wildman–Crippen MR) is 73.7 cm³/mol. The molecular weight excluding hydrogens is 290 g/mol. The number of rotatable bonds is 4. The second-order valence-electron chi connectivity index (χ2n) is 4.43. The zero-order chi connectivity index (χ0) is 13.8. The fraction of sp³-hybridized carbons (Fsp3) is 0.462. The maximum Gasteiger partial charge on any atom is 0.387 e. The standard InChI is InChI=1S/C13H16F2N2O2.ClH/c1-16-10-5-6-17(8-10)12(18)9-3-2-4-11(7-9)19-13(14)15;/h2-4,7,10,13,16H,5-6,8H2,1H3;1H. The summed E-state index contributed by atoms with van der Waals surface area (Å²) in [7, 11) is 1.86. The first-order valence-corrected chi connectivity index (χ1v) is 6.11. The van der Waals surface area contributed by atoms with E-state index in [1.165, 1.54) is 18.2 Å². The number of nitrogens with zero attached hydrogens (tertiary/aromatic N) is 1. The lowest BCUT2D eigenvalue weighted by molar-refractivity contribution is -0.0499. The first kappa shape index (κ1) is 16.7. The van der Waals surface area contributed by atoms with Gasteiger partial charge in [0.25, 0.3) is 5.91 Å². The third-order valence-corrected chi connectivity index (χ3v) is 3.19. The van der Waals surface area contributed by atoms with E-state index in [1.54, 1.807) is 11.0 Å². The molecule has 0 bridgehead atoms.